The number of esters is 1. The largest absolute Gasteiger partial charge is 0.508 e. The highest BCUT2D eigenvalue weighted by Gasteiger charge is 2.46. The molecule has 1 atom stereocenters. The van der Waals surface area contributed by atoms with Crippen molar-refractivity contribution < 1.29 is 34.1 Å². The fourth-order valence-electron chi connectivity index (χ4n) is 4.10. The molecule has 4 rings (SSSR count). The fourth-order valence-corrected chi connectivity index (χ4v) is 4.31. The summed E-state index contributed by atoms with van der Waals surface area (Å²) in [5, 5.41) is 21.5. The van der Waals surface area contributed by atoms with E-state index in [0.717, 1.165) is 0 Å². The Balaban J connectivity index is 1.84. The quantitative estimate of drug-likeness (QED) is 0.219. The Morgan fingerprint density at radius 1 is 1.03 bits per heavy atom. The number of carbonyl (C=O) groups excluding carboxylic acids is 3. The normalized spacial score (nSPS) is 16.8. The van der Waals surface area contributed by atoms with Crippen LogP contribution in [0.3, 0.4) is 0 Å². The number of ether oxygens (including phenoxy) is 2. The van der Waals surface area contributed by atoms with Crippen LogP contribution in [0.4, 0.5) is 0 Å². The summed E-state index contributed by atoms with van der Waals surface area (Å²) in [5.74, 6) is -2.37. The first kappa shape index (κ1) is 24.8. The molecule has 0 aliphatic carbocycles. The minimum Gasteiger partial charge on any atom is -0.508 e. The number of rotatable bonds is 6. The fraction of sp³-hybridized carbons (Fsp3) is 0.148. The van der Waals surface area contributed by atoms with E-state index in [1.165, 1.54) is 43.4 Å². The van der Waals surface area contributed by atoms with Crippen LogP contribution in [0.2, 0.25) is 5.02 Å². The van der Waals surface area contributed by atoms with Crippen molar-refractivity contribution in [2.24, 2.45) is 0 Å². The van der Waals surface area contributed by atoms with E-state index in [4.69, 9.17) is 21.1 Å². The molecular formula is C27H22ClNO7. The van der Waals surface area contributed by atoms with Crippen molar-refractivity contribution in [3.63, 3.8) is 0 Å². The predicted octanol–water partition coefficient (Wildman–Crippen LogP) is 4.46. The summed E-state index contributed by atoms with van der Waals surface area (Å²) >= 11 is 6.31. The van der Waals surface area contributed by atoms with Crippen LogP contribution in [0.25, 0.3) is 5.76 Å². The van der Waals surface area contributed by atoms with Crippen LogP contribution in [-0.4, -0.2) is 47.0 Å². The van der Waals surface area contributed by atoms with E-state index in [0.29, 0.717) is 22.4 Å². The summed E-state index contributed by atoms with van der Waals surface area (Å²) in [6.07, 6.45) is 0. The molecule has 0 aromatic heterocycles. The molecule has 3 aromatic rings. The van der Waals surface area contributed by atoms with Crippen molar-refractivity contribution in [1.82, 2.24) is 4.90 Å². The molecule has 1 heterocycles. The maximum Gasteiger partial charge on any atom is 0.337 e. The smallest absolute Gasteiger partial charge is 0.337 e. The molecule has 0 radical (unpaired) electrons. The van der Waals surface area contributed by atoms with Crippen LogP contribution in [0.5, 0.6) is 11.5 Å². The molecule has 0 spiro atoms. The minimum absolute atomic E-state index is 0.00499. The number of aliphatic hydroxyl groups excluding tert-OH is 1. The Hall–Kier alpha value is -4.30. The van der Waals surface area contributed by atoms with Gasteiger partial charge in [-0.05, 0) is 53.6 Å². The van der Waals surface area contributed by atoms with Gasteiger partial charge in [0.1, 0.15) is 17.3 Å². The van der Waals surface area contributed by atoms with E-state index in [1.54, 1.807) is 42.5 Å². The van der Waals surface area contributed by atoms with Gasteiger partial charge >= 0.3 is 5.97 Å². The summed E-state index contributed by atoms with van der Waals surface area (Å²) < 4.78 is 9.92. The Kier molecular flexibility index (Phi) is 6.98. The molecule has 1 aliphatic rings. The molecule has 8 nitrogen and oxygen atoms in total. The maximum absolute atomic E-state index is 13.2. The Morgan fingerprint density at radius 2 is 1.75 bits per heavy atom. The molecule has 9 heteroatoms. The number of hydrogen-bond acceptors (Lipinski definition) is 7. The standard InChI is InChI=1S/C27H22ClNO7/c1-35-19-10-11-21(28)20(13-19)24(31)22-23(17-4-3-5-18(30)12-17)29(26(33)25(22)32)14-15-6-8-16(9-7-15)27(34)36-2/h3-13,23,30-31H,14H2,1-2H3/b24-22+. The summed E-state index contributed by atoms with van der Waals surface area (Å²) in [5.41, 5.74) is 1.34. The summed E-state index contributed by atoms with van der Waals surface area (Å²) in [7, 11) is 2.73. The van der Waals surface area contributed by atoms with Crippen molar-refractivity contribution in [2.45, 2.75) is 12.6 Å². The summed E-state index contributed by atoms with van der Waals surface area (Å²) in [6, 6.07) is 16.1. The lowest BCUT2D eigenvalue weighted by molar-refractivity contribution is -0.140. The average molecular weight is 508 g/mol. The SMILES string of the molecule is COC(=O)c1ccc(CN2C(=O)C(=O)/C(=C(/O)c3cc(OC)ccc3Cl)C2c2cccc(O)c2)cc1. The van der Waals surface area contributed by atoms with E-state index in [1.807, 2.05) is 0 Å². The van der Waals surface area contributed by atoms with E-state index in [-0.39, 0.29) is 28.5 Å². The first-order valence-electron chi connectivity index (χ1n) is 10.8. The van der Waals surface area contributed by atoms with Crippen LogP contribution in [0.15, 0.2) is 72.3 Å². The summed E-state index contributed by atoms with van der Waals surface area (Å²) in [4.78, 5) is 39.5. The number of nitrogens with zero attached hydrogens (tertiary/aromatic N) is 1. The second kappa shape index (κ2) is 10.1. The average Bonchev–Trinajstić information content (AvgIpc) is 3.13. The van der Waals surface area contributed by atoms with Crippen LogP contribution >= 0.6 is 11.6 Å². The number of likely N-dealkylation sites (tertiary alicyclic amines) is 1. The number of phenols is 1. The molecule has 0 bridgehead atoms. The van der Waals surface area contributed by atoms with Gasteiger partial charge < -0.3 is 24.6 Å². The molecule has 2 N–H and O–H groups in total. The Labute approximate surface area is 211 Å². The van der Waals surface area contributed by atoms with Crippen molar-refractivity contribution in [3.8, 4) is 11.5 Å². The highest BCUT2D eigenvalue weighted by Crippen LogP contribution is 2.42. The van der Waals surface area contributed by atoms with Crippen molar-refractivity contribution in [2.75, 3.05) is 14.2 Å². The van der Waals surface area contributed by atoms with E-state index >= 15 is 0 Å². The third kappa shape index (κ3) is 4.63. The second-order valence-corrected chi connectivity index (χ2v) is 8.46. The lowest BCUT2D eigenvalue weighted by Gasteiger charge is -2.25. The van der Waals surface area contributed by atoms with Gasteiger partial charge in [0.2, 0.25) is 0 Å². The number of phenolic OH excluding ortho intramolecular Hbond substituents is 1. The van der Waals surface area contributed by atoms with Gasteiger partial charge in [-0.2, -0.15) is 0 Å². The van der Waals surface area contributed by atoms with Crippen LogP contribution in [0.1, 0.15) is 33.1 Å². The van der Waals surface area contributed by atoms with E-state index < -0.39 is 29.5 Å². The van der Waals surface area contributed by atoms with Crippen LogP contribution in [0, 0.1) is 0 Å². The molecular weight excluding hydrogens is 486 g/mol. The summed E-state index contributed by atoms with van der Waals surface area (Å²) in [6.45, 7) is -0.00499. The number of carbonyl (C=O) groups is 3. The zero-order chi connectivity index (χ0) is 26.0. The van der Waals surface area contributed by atoms with Gasteiger partial charge in [-0.1, -0.05) is 35.9 Å². The van der Waals surface area contributed by atoms with Gasteiger partial charge in [0.15, 0.2) is 0 Å². The van der Waals surface area contributed by atoms with Crippen LogP contribution in [-0.2, 0) is 20.9 Å². The number of ketones is 1. The van der Waals surface area contributed by atoms with Gasteiger partial charge in [-0.3, -0.25) is 9.59 Å². The first-order chi connectivity index (χ1) is 17.2. The number of methoxy groups -OCH3 is 2. The van der Waals surface area contributed by atoms with Crippen LogP contribution < -0.4 is 4.74 Å². The van der Waals surface area contributed by atoms with Crippen molar-refractivity contribution in [1.29, 1.82) is 0 Å². The predicted molar refractivity (Wildman–Crippen MR) is 132 cm³/mol. The number of aromatic hydroxyl groups is 1. The maximum atomic E-state index is 13.2. The van der Waals surface area contributed by atoms with Gasteiger partial charge in [0.25, 0.3) is 11.7 Å². The number of hydrogen-bond donors (Lipinski definition) is 2. The van der Waals surface area contributed by atoms with Gasteiger partial charge in [-0.15, -0.1) is 0 Å². The number of benzene rings is 3. The third-order valence-electron chi connectivity index (χ3n) is 5.88. The lowest BCUT2D eigenvalue weighted by atomic mass is 9.95. The highest BCUT2D eigenvalue weighted by atomic mass is 35.5. The third-order valence-corrected chi connectivity index (χ3v) is 6.21. The molecule has 1 fully saturated rings. The Bertz CT molecular complexity index is 1380. The van der Waals surface area contributed by atoms with Gasteiger partial charge in [0.05, 0.1) is 36.4 Å². The molecule has 3 aromatic carbocycles. The van der Waals surface area contributed by atoms with E-state index in [9.17, 15) is 24.6 Å². The number of Topliss-reactive ketones (excluding diaryl/α,β-unsaturated/α-hetero) is 1. The zero-order valence-corrected chi connectivity index (χ0v) is 20.2. The molecule has 1 unspecified atom stereocenters. The number of amides is 1. The topological polar surface area (TPSA) is 113 Å². The Morgan fingerprint density at radius 3 is 2.39 bits per heavy atom. The molecule has 184 valence electrons. The van der Waals surface area contributed by atoms with Gasteiger partial charge in [0, 0.05) is 12.1 Å². The zero-order valence-electron chi connectivity index (χ0n) is 19.4. The second-order valence-electron chi connectivity index (χ2n) is 8.06. The van der Waals surface area contributed by atoms with Crippen molar-refractivity contribution >= 4 is 35.0 Å². The molecule has 0 saturated carbocycles. The number of aliphatic hydroxyl groups is 1. The van der Waals surface area contributed by atoms with Gasteiger partial charge in [-0.25, -0.2) is 4.79 Å². The first-order valence-corrected chi connectivity index (χ1v) is 11.2. The monoisotopic (exact) mass is 507 g/mol. The molecule has 1 saturated heterocycles. The van der Waals surface area contributed by atoms with E-state index in [2.05, 4.69) is 0 Å². The molecule has 1 amide bonds. The molecule has 1 aliphatic heterocycles. The number of halogens is 1. The lowest BCUT2D eigenvalue weighted by Crippen LogP contribution is -2.29. The highest BCUT2D eigenvalue weighted by molar-refractivity contribution is 6.47. The minimum atomic E-state index is -1.01. The van der Waals surface area contributed by atoms with Crippen molar-refractivity contribution in [3.05, 3.63) is 99.6 Å². The molecule has 36 heavy (non-hydrogen) atoms.